The van der Waals surface area contributed by atoms with Crippen LogP contribution in [0.15, 0.2) is 24.3 Å². The van der Waals surface area contributed by atoms with Crippen LogP contribution in [0.25, 0.3) is 0 Å². The number of halogens is 1. The molecule has 0 saturated heterocycles. The topological polar surface area (TPSA) is 72.9 Å². The predicted octanol–water partition coefficient (Wildman–Crippen LogP) is 2.95. The van der Waals surface area contributed by atoms with Gasteiger partial charge in [0.2, 0.25) is 0 Å². The highest BCUT2D eigenvalue weighted by atomic mass is 35.5. The van der Waals surface area contributed by atoms with E-state index in [1.54, 1.807) is 28.9 Å². The third kappa shape index (κ3) is 2.77. The normalized spacial score (nSPS) is 10.6. The van der Waals surface area contributed by atoms with E-state index in [2.05, 4.69) is 10.4 Å². The molecule has 20 heavy (non-hydrogen) atoms. The summed E-state index contributed by atoms with van der Waals surface area (Å²) in [4.78, 5) is 12.3. The summed E-state index contributed by atoms with van der Waals surface area (Å²) in [5.74, 6) is -0.265. The van der Waals surface area contributed by atoms with Crippen LogP contribution in [0.3, 0.4) is 0 Å². The number of hydrogen-bond acceptors (Lipinski definition) is 3. The van der Waals surface area contributed by atoms with Crippen LogP contribution in [-0.4, -0.2) is 15.7 Å². The number of nitrogens with two attached hydrogens (primary N) is 1. The lowest BCUT2D eigenvalue weighted by molar-refractivity contribution is 0.101. The average molecular weight is 293 g/mol. The molecule has 0 spiro atoms. The first-order valence-electron chi connectivity index (χ1n) is 6.48. The minimum atomic E-state index is -0.265. The number of nitrogens with one attached hydrogen (secondary N) is 1. The third-order valence-corrected chi connectivity index (χ3v) is 3.32. The number of benzene rings is 1. The van der Waals surface area contributed by atoms with Crippen LogP contribution in [0, 0.1) is 0 Å². The Bertz CT molecular complexity index is 616. The average Bonchev–Trinajstić information content (AvgIpc) is 2.86. The number of hydrogen-bond donors (Lipinski definition) is 2. The highest BCUT2D eigenvalue weighted by Crippen LogP contribution is 2.28. The molecule has 1 heterocycles. The molecular formula is C14H17ClN4O. The van der Waals surface area contributed by atoms with Crippen molar-refractivity contribution in [3.63, 3.8) is 0 Å². The number of aryl methyl sites for hydroxylation is 2. The maximum absolute atomic E-state index is 12.3. The van der Waals surface area contributed by atoms with Crippen LogP contribution in [-0.2, 0) is 13.0 Å². The van der Waals surface area contributed by atoms with E-state index >= 15 is 0 Å². The van der Waals surface area contributed by atoms with Gasteiger partial charge in [0.1, 0.15) is 5.69 Å². The van der Waals surface area contributed by atoms with Gasteiger partial charge in [-0.2, -0.15) is 5.10 Å². The molecule has 0 aliphatic carbocycles. The Kier molecular flexibility index (Phi) is 4.29. The summed E-state index contributed by atoms with van der Waals surface area (Å²) in [5.41, 5.74) is 8.08. The van der Waals surface area contributed by atoms with Gasteiger partial charge in [-0.25, -0.2) is 0 Å². The molecule has 1 aromatic carbocycles. The number of anilines is 2. The molecule has 3 N–H and O–H groups in total. The standard InChI is InChI=1S/C14H17ClN4O/c1-3-9-8-12(19(4-2)18-9)14(20)17-13-10(15)6-5-7-11(13)16/h5-8H,3-4,16H2,1-2H3,(H,17,20). The maximum atomic E-state index is 12.3. The number of para-hydroxylation sites is 1. The van der Waals surface area contributed by atoms with Crippen molar-refractivity contribution in [1.29, 1.82) is 0 Å². The minimum Gasteiger partial charge on any atom is -0.397 e. The first-order chi connectivity index (χ1) is 9.56. The predicted molar refractivity (Wildman–Crippen MR) is 81.1 cm³/mol. The molecule has 0 unspecified atom stereocenters. The Hall–Kier alpha value is -2.01. The zero-order chi connectivity index (χ0) is 14.7. The van der Waals surface area contributed by atoms with Crippen molar-refractivity contribution >= 4 is 28.9 Å². The van der Waals surface area contributed by atoms with Crippen molar-refractivity contribution in [3.05, 3.63) is 40.7 Å². The van der Waals surface area contributed by atoms with Crippen LogP contribution in [0.2, 0.25) is 5.02 Å². The summed E-state index contributed by atoms with van der Waals surface area (Å²) in [6, 6.07) is 6.89. The molecule has 0 aliphatic rings. The van der Waals surface area contributed by atoms with Crippen LogP contribution >= 0.6 is 11.6 Å². The van der Waals surface area contributed by atoms with E-state index in [9.17, 15) is 4.79 Å². The van der Waals surface area contributed by atoms with Gasteiger partial charge in [-0.15, -0.1) is 0 Å². The summed E-state index contributed by atoms with van der Waals surface area (Å²) >= 11 is 6.05. The molecule has 0 saturated carbocycles. The van der Waals surface area contributed by atoms with Crippen LogP contribution in [0.5, 0.6) is 0 Å². The Morgan fingerprint density at radius 3 is 2.80 bits per heavy atom. The van der Waals surface area contributed by atoms with Crippen LogP contribution in [0.4, 0.5) is 11.4 Å². The number of carbonyl (C=O) groups excluding carboxylic acids is 1. The molecule has 2 rings (SSSR count). The Morgan fingerprint density at radius 1 is 1.45 bits per heavy atom. The third-order valence-electron chi connectivity index (χ3n) is 3.01. The quantitative estimate of drug-likeness (QED) is 0.851. The van der Waals surface area contributed by atoms with E-state index < -0.39 is 0 Å². The van der Waals surface area contributed by atoms with Crippen LogP contribution in [0.1, 0.15) is 30.0 Å². The number of nitrogens with zero attached hydrogens (tertiary/aromatic N) is 2. The van der Waals surface area contributed by atoms with Crippen LogP contribution < -0.4 is 11.1 Å². The molecular weight excluding hydrogens is 276 g/mol. The fourth-order valence-electron chi connectivity index (χ4n) is 1.92. The summed E-state index contributed by atoms with van der Waals surface area (Å²) in [6.07, 6.45) is 0.779. The van der Waals surface area contributed by atoms with E-state index in [1.807, 2.05) is 13.8 Å². The fraction of sp³-hybridized carbons (Fsp3) is 0.286. The summed E-state index contributed by atoms with van der Waals surface area (Å²) < 4.78 is 1.67. The lowest BCUT2D eigenvalue weighted by Gasteiger charge is -2.10. The largest absolute Gasteiger partial charge is 0.397 e. The van der Waals surface area contributed by atoms with Gasteiger partial charge >= 0.3 is 0 Å². The van der Waals surface area contributed by atoms with E-state index in [-0.39, 0.29) is 5.91 Å². The molecule has 0 radical (unpaired) electrons. The molecule has 1 amide bonds. The Morgan fingerprint density at radius 2 is 2.20 bits per heavy atom. The lowest BCUT2D eigenvalue weighted by atomic mass is 10.2. The van der Waals surface area contributed by atoms with Gasteiger partial charge in [0.15, 0.2) is 0 Å². The van der Waals surface area contributed by atoms with Crippen molar-refractivity contribution in [3.8, 4) is 0 Å². The zero-order valence-corrected chi connectivity index (χ0v) is 12.2. The summed E-state index contributed by atoms with van der Waals surface area (Å²) in [6.45, 7) is 4.56. The van der Waals surface area contributed by atoms with E-state index in [0.717, 1.165) is 12.1 Å². The monoisotopic (exact) mass is 292 g/mol. The Balaban J connectivity index is 2.30. The molecule has 0 bridgehead atoms. The lowest BCUT2D eigenvalue weighted by Crippen LogP contribution is -2.18. The molecule has 0 fully saturated rings. The van der Waals surface area contributed by atoms with Gasteiger partial charge in [0.05, 0.1) is 22.1 Å². The van der Waals surface area contributed by atoms with Crippen molar-refractivity contribution in [2.75, 3.05) is 11.1 Å². The van der Waals surface area contributed by atoms with E-state index in [0.29, 0.717) is 28.6 Å². The van der Waals surface area contributed by atoms with Crippen molar-refractivity contribution in [2.24, 2.45) is 0 Å². The first kappa shape index (κ1) is 14.4. The number of carbonyl (C=O) groups is 1. The summed E-state index contributed by atoms with van der Waals surface area (Å²) in [7, 11) is 0. The first-order valence-corrected chi connectivity index (χ1v) is 6.86. The summed E-state index contributed by atoms with van der Waals surface area (Å²) in [5, 5.41) is 7.51. The highest BCUT2D eigenvalue weighted by molar-refractivity contribution is 6.34. The van der Waals surface area contributed by atoms with Crippen molar-refractivity contribution in [2.45, 2.75) is 26.8 Å². The Labute approximate surface area is 122 Å². The van der Waals surface area contributed by atoms with E-state index in [1.165, 1.54) is 0 Å². The molecule has 0 aliphatic heterocycles. The molecule has 106 valence electrons. The van der Waals surface area contributed by atoms with Gasteiger partial charge in [0.25, 0.3) is 5.91 Å². The molecule has 5 nitrogen and oxygen atoms in total. The maximum Gasteiger partial charge on any atom is 0.274 e. The second kappa shape index (κ2) is 5.96. The second-order valence-electron chi connectivity index (χ2n) is 4.35. The number of amides is 1. The SMILES string of the molecule is CCc1cc(C(=O)Nc2c(N)cccc2Cl)n(CC)n1. The van der Waals surface area contributed by atoms with Gasteiger partial charge in [-0.05, 0) is 31.5 Å². The van der Waals surface area contributed by atoms with Crippen molar-refractivity contribution < 1.29 is 4.79 Å². The second-order valence-corrected chi connectivity index (χ2v) is 4.76. The molecule has 0 atom stereocenters. The molecule has 2 aromatic rings. The van der Waals surface area contributed by atoms with Gasteiger partial charge in [-0.1, -0.05) is 24.6 Å². The number of nitrogen functional groups attached to an aromatic ring is 1. The fourth-order valence-corrected chi connectivity index (χ4v) is 2.15. The zero-order valence-electron chi connectivity index (χ0n) is 11.5. The van der Waals surface area contributed by atoms with Crippen molar-refractivity contribution in [1.82, 2.24) is 9.78 Å². The number of rotatable bonds is 4. The highest BCUT2D eigenvalue weighted by Gasteiger charge is 2.16. The minimum absolute atomic E-state index is 0.265. The number of aromatic nitrogens is 2. The van der Waals surface area contributed by atoms with Gasteiger partial charge < -0.3 is 11.1 Å². The van der Waals surface area contributed by atoms with Gasteiger partial charge in [0, 0.05) is 6.54 Å². The van der Waals surface area contributed by atoms with E-state index in [4.69, 9.17) is 17.3 Å². The van der Waals surface area contributed by atoms with Gasteiger partial charge in [-0.3, -0.25) is 9.48 Å². The smallest absolute Gasteiger partial charge is 0.274 e. The molecule has 6 heteroatoms. The molecule has 1 aromatic heterocycles.